The summed E-state index contributed by atoms with van der Waals surface area (Å²) in [6.45, 7) is 6.02. The largest absolute Gasteiger partial charge is 0.355 e. The Kier molecular flexibility index (Phi) is 5.60. The number of fused-ring (bicyclic) bond motifs is 1. The van der Waals surface area contributed by atoms with Gasteiger partial charge in [0.1, 0.15) is 12.1 Å². The Hall–Kier alpha value is -2.48. The Morgan fingerprint density at radius 1 is 1.12 bits per heavy atom. The van der Waals surface area contributed by atoms with E-state index >= 15 is 0 Å². The molecule has 0 bridgehead atoms. The third kappa shape index (κ3) is 4.33. The summed E-state index contributed by atoms with van der Waals surface area (Å²) in [7, 11) is 0. The molecule has 8 heteroatoms. The minimum Gasteiger partial charge on any atom is -0.355 e. The van der Waals surface area contributed by atoms with Crippen molar-refractivity contribution in [2.45, 2.75) is 19.9 Å². The number of nitrogens with one attached hydrogen (secondary N) is 1. The van der Waals surface area contributed by atoms with Crippen LogP contribution in [0.25, 0.3) is 11.0 Å². The summed E-state index contributed by atoms with van der Waals surface area (Å²) in [6, 6.07) is 7.61. The Labute approximate surface area is 146 Å². The first-order valence-electron chi connectivity index (χ1n) is 8.72. The van der Waals surface area contributed by atoms with Crippen molar-refractivity contribution in [3.05, 3.63) is 24.3 Å². The van der Waals surface area contributed by atoms with Crippen molar-refractivity contribution >= 4 is 22.8 Å². The summed E-state index contributed by atoms with van der Waals surface area (Å²) >= 11 is 0. The van der Waals surface area contributed by atoms with Crippen molar-refractivity contribution in [1.29, 1.82) is 0 Å². The van der Waals surface area contributed by atoms with Gasteiger partial charge in [-0.1, -0.05) is 24.3 Å². The second-order valence-corrected chi connectivity index (χ2v) is 6.24. The zero-order chi connectivity index (χ0) is 17.6. The van der Waals surface area contributed by atoms with E-state index in [1.54, 1.807) is 4.68 Å². The monoisotopic (exact) mass is 344 g/mol. The first kappa shape index (κ1) is 17.3. The van der Waals surface area contributed by atoms with Gasteiger partial charge in [0, 0.05) is 32.7 Å². The molecule has 0 atom stereocenters. The number of aromatic nitrogens is 3. The molecule has 1 aliphatic heterocycles. The average Bonchev–Trinajstić information content (AvgIpc) is 3.03. The fraction of sp³-hybridized carbons (Fsp3) is 0.529. The lowest BCUT2D eigenvalue weighted by atomic mass is 10.3. The van der Waals surface area contributed by atoms with Crippen LogP contribution in [0.2, 0.25) is 0 Å². The maximum absolute atomic E-state index is 12.5. The SMILES string of the molecule is CCCNC(=O)CN1CCN(C(=O)Cn2nnc3ccccc32)CC1. The first-order chi connectivity index (χ1) is 12.2. The van der Waals surface area contributed by atoms with Crippen molar-refractivity contribution in [2.75, 3.05) is 39.3 Å². The van der Waals surface area contributed by atoms with Gasteiger partial charge in [-0.25, -0.2) is 4.68 Å². The summed E-state index contributed by atoms with van der Waals surface area (Å²) in [4.78, 5) is 28.2. The van der Waals surface area contributed by atoms with Crippen molar-refractivity contribution in [2.24, 2.45) is 0 Å². The molecule has 0 radical (unpaired) electrons. The minimum atomic E-state index is 0.0331. The molecule has 1 N–H and O–H groups in total. The number of carbonyl (C=O) groups is 2. The van der Waals surface area contributed by atoms with Crippen LogP contribution in [0, 0.1) is 0 Å². The molecule has 1 fully saturated rings. The Balaban J connectivity index is 1.49. The normalized spacial score (nSPS) is 15.5. The predicted molar refractivity (Wildman–Crippen MR) is 93.8 cm³/mol. The van der Waals surface area contributed by atoms with E-state index in [4.69, 9.17) is 0 Å². The van der Waals surface area contributed by atoms with Gasteiger partial charge in [0.25, 0.3) is 0 Å². The lowest BCUT2D eigenvalue weighted by Gasteiger charge is -2.34. The van der Waals surface area contributed by atoms with Gasteiger partial charge in [0.2, 0.25) is 11.8 Å². The molecule has 1 aromatic carbocycles. The van der Waals surface area contributed by atoms with Gasteiger partial charge in [-0.2, -0.15) is 0 Å². The van der Waals surface area contributed by atoms with Gasteiger partial charge in [-0.15, -0.1) is 5.10 Å². The molecular formula is C17H24N6O2. The summed E-state index contributed by atoms with van der Waals surface area (Å²) in [6.07, 6.45) is 0.936. The predicted octanol–water partition coefficient (Wildman–Crippen LogP) is 0.102. The quantitative estimate of drug-likeness (QED) is 0.804. The van der Waals surface area contributed by atoms with Gasteiger partial charge in [-0.05, 0) is 18.6 Å². The number of benzene rings is 1. The molecule has 2 aromatic rings. The highest BCUT2D eigenvalue weighted by molar-refractivity contribution is 5.80. The molecule has 0 spiro atoms. The standard InChI is InChI=1S/C17H24N6O2/c1-2-7-18-16(24)12-21-8-10-22(11-9-21)17(25)13-23-15-6-4-3-5-14(15)19-20-23/h3-6H,2,7-13H2,1H3,(H,18,24). The maximum Gasteiger partial charge on any atom is 0.244 e. The van der Waals surface area contributed by atoms with Crippen molar-refractivity contribution in [1.82, 2.24) is 30.1 Å². The fourth-order valence-electron chi connectivity index (χ4n) is 2.94. The Morgan fingerprint density at radius 3 is 2.64 bits per heavy atom. The summed E-state index contributed by atoms with van der Waals surface area (Å²) < 4.78 is 1.64. The van der Waals surface area contributed by atoms with E-state index in [-0.39, 0.29) is 18.4 Å². The molecule has 3 rings (SSSR count). The number of amides is 2. The molecule has 134 valence electrons. The van der Waals surface area contributed by atoms with Crippen molar-refractivity contribution in [3.63, 3.8) is 0 Å². The van der Waals surface area contributed by atoms with Gasteiger partial charge in [0.05, 0.1) is 12.1 Å². The Bertz CT molecular complexity index is 736. The molecule has 0 aliphatic carbocycles. The molecular weight excluding hydrogens is 320 g/mol. The van der Waals surface area contributed by atoms with Crippen LogP contribution in [0.5, 0.6) is 0 Å². The van der Waals surface area contributed by atoms with E-state index in [9.17, 15) is 9.59 Å². The van der Waals surface area contributed by atoms with Crippen molar-refractivity contribution in [3.8, 4) is 0 Å². The number of nitrogens with zero attached hydrogens (tertiary/aromatic N) is 5. The topological polar surface area (TPSA) is 83.4 Å². The number of para-hydroxylation sites is 1. The molecule has 0 saturated carbocycles. The second kappa shape index (κ2) is 8.06. The molecule has 8 nitrogen and oxygen atoms in total. The first-order valence-corrected chi connectivity index (χ1v) is 8.72. The number of rotatable bonds is 6. The van der Waals surface area contributed by atoms with Crippen LogP contribution in [0.1, 0.15) is 13.3 Å². The molecule has 2 amide bonds. The van der Waals surface area contributed by atoms with E-state index < -0.39 is 0 Å². The van der Waals surface area contributed by atoms with Gasteiger partial charge < -0.3 is 10.2 Å². The molecule has 25 heavy (non-hydrogen) atoms. The zero-order valence-electron chi connectivity index (χ0n) is 14.5. The number of hydrogen-bond acceptors (Lipinski definition) is 5. The lowest BCUT2D eigenvalue weighted by molar-refractivity contribution is -0.134. The molecule has 1 aliphatic rings. The molecule has 0 unspecified atom stereocenters. The van der Waals surface area contributed by atoms with Crippen LogP contribution in [-0.2, 0) is 16.1 Å². The van der Waals surface area contributed by atoms with Gasteiger partial charge in [-0.3, -0.25) is 14.5 Å². The van der Waals surface area contributed by atoms with E-state index in [1.165, 1.54) is 0 Å². The number of hydrogen-bond donors (Lipinski definition) is 1. The van der Waals surface area contributed by atoms with Crippen LogP contribution in [-0.4, -0.2) is 75.9 Å². The highest BCUT2D eigenvalue weighted by atomic mass is 16.2. The summed E-state index contributed by atoms with van der Waals surface area (Å²) in [5.74, 6) is 0.0847. The third-order valence-corrected chi connectivity index (χ3v) is 4.37. The smallest absolute Gasteiger partial charge is 0.244 e. The van der Waals surface area contributed by atoms with E-state index in [1.807, 2.05) is 36.1 Å². The molecule has 1 aromatic heterocycles. The molecule has 2 heterocycles. The average molecular weight is 344 g/mol. The van der Waals surface area contributed by atoms with Crippen LogP contribution in [0.15, 0.2) is 24.3 Å². The van der Waals surface area contributed by atoms with Crippen LogP contribution < -0.4 is 5.32 Å². The van der Waals surface area contributed by atoms with Crippen LogP contribution in [0.4, 0.5) is 0 Å². The highest BCUT2D eigenvalue weighted by Crippen LogP contribution is 2.10. The van der Waals surface area contributed by atoms with Gasteiger partial charge in [0.15, 0.2) is 0 Å². The van der Waals surface area contributed by atoms with Crippen LogP contribution in [0.3, 0.4) is 0 Å². The van der Waals surface area contributed by atoms with Gasteiger partial charge >= 0.3 is 0 Å². The van der Waals surface area contributed by atoms with Crippen LogP contribution >= 0.6 is 0 Å². The Morgan fingerprint density at radius 2 is 1.88 bits per heavy atom. The number of carbonyl (C=O) groups excluding carboxylic acids is 2. The fourth-order valence-corrected chi connectivity index (χ4v) is 2.94. The van der Waals surface area contributed by atoms with E-state index in [2.05, 4.69) is 20.5 Å². The third-order valence-electron chi connectivity index (χ3n) is 4.37. The summed E-state index contributed by atoms with van der Waals surface area (Å²) in [5.41, 5.74) is 1.65. The molecule has 1 saturated heterocycles. The van der Waals surface area contributed by atoms with E-state index in [0.29, 0.717) is 39.3 Å². The second-order valence-electron chi connectivity index (χ2n) is 6.24. The number of piperazine rings is 1. The summed E-state index contributed by atoms with van der Waals surface area (Å²) in [5, 5.41) is 11.0. The van der Waals surface area contributed by atoms with E-state index in [0.717, 1.165) is 17.5 Å². The maximum atomic E-state index is 12.5. The zero-order valence-corrected chi connectivity index (χ0v) is 14.5. The lowest BCUT2D eigenvalue weighted by Crippen LogP contribution is -2.51. The van der Waals surface area contributed by atoms with Crippen molar-refractivity contribution < 1.29 is 9.59 Å². The highest BCUT2D eigenvalue weighted by Gasteiger charge is 2.23. The minimum absolute atomic E-state index is 0.0331.